The van der Waals surface area contributed by atoms with Crippen LogP contribution >= 0.6 is 22.6 Å². The van der Waals surface area contributed by atoms with Gasteiger partial charge in [-0.1, -0.05) is 0 Å². The van der Waals surface area contributed by atoms with E-state index in [1.807, 2.05) is 22.6 Å². The second-order valence-electron chi connectivity index (χ2n) is 3.76. The molecule has 0 saturated carbocycles. The Morgan fingerprint density at radius 2 is 2.33 bits per heavy atom. The summed E-state index contributed by atoms with van der Waals surface area (Å²) in [5, 5.41) is 17.9. The fourth-order valence-electron chi connectivity index (χ4n) is 0.805. The standard InChI is InChI=1S/C10H11IN2O2/c1-10(2,5-12)6-15-8-4-13-9(14)3-7(8)11/h3-4H,6H2,1-2H3,(H,13,14). The van der Waals surface area contributed by atoms with Crippen molar-refractivity contribution in [1.29, 1.82) is 5.26 Å². The van der Waals surface area contributed by atoms with Crippen LogP contribution in [-0.2, 0) is 0 Å². The summed E-state index contributed by atoms with van der Waals surface area (Å²) in [5.41, 5.74) is -0.527. The average molecular weight is 318 g/mol. The lowest BCUT2D eigenvalue weighted by molar-refractivity contribution is 0.224. The molecule has 1 N–H and O–H groups in total. The molecule has 0 bridgehead atoms. The van der Waals surface area contributed by atoms with E-state index in [1.165, 1.54) is 12.3 Å². The SMILES string of the molecule is CC(C)(C#N)COc1cnc(O)cc1I. The van der Waals surface area contributed by atoms with Gasteiger partial charge in [0.2, 0.25) is 5.88 Å². The molecule has 0 amide bonds. The number of aromatic hydroxyl groups is 1. The first kappa shape index (κ1) is 12.0. The Balaban J connectivity index is 2.71. The minimum Gasteiger partial charge on any atom is -0.493 e. The van der Waals surface area contributed by atoms with Crippen LogP contribution in [0, 0.1) is 20.3 Å². The summed E-state index contributed by atoms with van der Waals surface area (Å²) >= 11 is 2.04. The van der Waals surface area contributed by atoms with E-state index in [1.54, 1.807) is 13.8 Å². The van der Waals surface area contributed by atoms with Crippen molar-refractivity contribution in [3.05, 3.63) is 15.8 Å². The molecule has 1 rings (SSSR count). The summed E-state index contributed by atoms with van der Waals surface area (Å²) in [6.45, 7) is 3.90. The monoisotopic (exact) mass is 318 g/mol. The van der Waals surface area contributed by atoms with Crippen molar-refractivity contribution in [2.24, 2.45) is 5.41 Å². The van der Waals surface area contributed by atoms with Gasteiger partial charge in [-0.15, -0.1) is 0 Å². The van der Waals surface area contributed by atoms with Crippen molar-refractivity contribution in [3.63, 3.8) is 0 Å². The van der Waals surface area contributed by atoms with Crippen molar-refractivity contribution in [1.82, 2.24) is 4.98 Å². The van der Waals surface area contributed by atoms with Gasteiger partial charge in [0.25, 0.3) is 0 Å². The third-order valence-electron chi connectivity index (χ3n) is 1.70. The number of rotatable bonds is 3. The summed E-state index contributed by atoms with van der Waals surface area (Å²) in [6.07, 6.45) is 1.45. The Labute approximate surface area is 102 Å². The summed E-state index contributed by atoms with van der Waals surface area (Å²) in [5.74, 6) is 0.544. The van der Waals surface area contributed by atoms with Crippen LogP contribution in [0.4, 0.5) is 0 Å². The van der Waals surface area contributed by atoms with Crippen LogP contribution in [0.1, 0.15) is 13.8 Å². The zero-order valence-electron chi connectivity index (χ0n) is 8.49. The molecule has 5 heteroatoms. The van der Waals surface area contributed by atoms with Gasteiger partial charge in [-0.2, -0.15) is 5.26 Å². The molecule has 1 aromatic rings. The Morgan fingerprint density at radius 3 is 2.87 bits per heavy atom. The van der Waals surface area contributed by atoms with E-state index in [0.717, 1.165) is 3.57 Å². The van der Waals surface area contributed by atoms with Crippen molar-refractivity contribution in [2.75, 3.05) is 6.61 Å². The second-order valence-corrected chi connectivity index (χ2v) is 4.92. The van der Waals surface area contributed by atoms with Crippen LogP contribution in [0.15, 0.2) is 12.3 Å². The Hall–Kier alpha value is -1.03. The van der Waals surface area contributed by atoms with Gasteiger partial charge in [0.15, 0.2) is 5.75 Å². The van der Waals surface area contributed by atoms with Crippen molar-refractivity contribution in [2.45, 2.75) is 13.8 Å². The maximum absolute atomic E-state index is 9.09. The fraction of sp³-hybridized carbons (Fsp3) is 0.400. The maximum atomic E-state index is 9.09. The molecule has 0 spiro atoms. The fourth-order valence-corrected chi connectivity index (χ4v) is 1.38. The number of aromatic nitrogens is 1. The first-order valence-corrected chi connectivity index (χ1v) is 5.41. The summed E-state index contributed by atoms with van der Waals surface area (Å²) in [7, 11) is 0. The predicted octanol–water partition coefficient (Wildman–Crippen LogP) is 2.32. The summed E-state index contributed by atoms with van der Waals surface area (Å²) in [4.78, 5) is 3.71. The number of hydrogen-bond acceptors (Lipinski definition) is 4. The Morgan fingerprint density at radius 1 is 1.67 bits per heavy atom. The third kappa shape index (κ3) is 3.55. The van der Waals surface area contributed by atoms with Crippen LogP contribution in [-0.4, -0.2) is 16.7 Å². The molecule has 0 atom stereocenters. The zero-order valence-corrected chi connectivity index (χ0v) is 10.6. The van der Waals surface area contributed by atoms with Crippen LogP contribution < -0.4 is 4.74 Å². The minimum atomic E-state index is -0.527. The lowest BCUT2D eigenvalue weighted by Gasteiger charge is -2.16. The van der Waals surface area contributed by atoms with Gasteiger partial charge in [0.05, 0.1) is 21.3 Å². The Bertz CT molecular complexity index is 399. The molecule has 0 radical (unpaired) electrons. The molecule has 15 heavy (non-hydrogen) atoms. The quantitative estimate of drug-likeness (QED) is 0.869. The van der Waals surface area contributed by atoms with Gasteiger partial charge in [0, 0.05) is 6.07 Å². The molecule has 0 aliphatic carbocycles. The van der Waals surface area contributed by atoms with Gasteiger partial charge < -0.3 is 9.84 Å². The van der Waals surface area contributed by atoms with Crippen molar-refractivity contribution < 1.29 is 9.84 Å². The minimum absolute atomic E-state index is 0.0358. The molecular weight excluding hydrogens is 307 g/mol. The largest absolute Gasteiger partial charge is 0.493 e. The van der Waals surface area contributed by atoms with E-state index in [9.17, 15) is 0 Å². The summed E-state index contributed by atoms with van der Waals surface area (Å²) in [6, 6.07) is 3.65. The van der Waals surface area contributed by atoms with Crippen molar-refractivity contribution in [3.8, 4) is 17.7 Å². The number of nitrogens with zero attached hydrogens (tertiary/aromatic N) is 2. The van der Waals surface area contributed by atoms with Gasteiger partial charge in [0.1, 0.15) is 6.61 Å². The molecule has 0 unspecified atom stereocenters. The number of nitriles is 1. The number of halogens is 1. The molecule has 1 aromatic heterocycles. The normalized spacial score (nSPS) is 10.8. The number of hydrogen-bond donors (Lipinski definition) is 1. The van der Waals surface area contributed by atoms with Gasteiger partial charge in [-0.05, 0) is 36.4 Å². The van der Waals surface area contributed by atoms with E-state index in [-0.39, 0.29) is 5.88 Å². The second kappa shape index (κ2) is 4.66. The van der Waals surface area contributed by atoms with Crippen molar-refractivity contribution >= 4 is 22.6 Å². The lowest BCUT2D eigenvalue weighted by Crippen LogP contribution is -2.19. The molecule has 0 aromatic carbocycles. The zero-order chi connectivity index (χ0) is 11.5. The molecule has 0 fully saturated rings. The van der Waals surface area contributed by atoms with E-state index in [2.05, 4.69) is 11.1 Å². The number of ether oxygens (including phenoxy) is 1. The van der Waals surface area contributed by atoms with Crippen LogP contribution in [0.3, 0.4) is 0 Å². The highest BCUT2D eigenvalue weighted by atomic mass is 127. The highest BCUT2D eigenvalue weighted by Gasteiger charge is 2.18. The lowest BCUT2D eigenvalue weighted by atomic mass is 9.98. The van der Waals surface area contributed by atoms with Crippen LogP contribution in [0.2, 0.25) is 0 Å². The van der Waals surface area contributed by atoms with Crippen LogP contribution in [0.25, 0.3) is 0 Å². The first-order chi connectivity index (χ1) is 6.94. The molecule has 0 saturated heterocycles. The van der Waals surface area contributed by atoms with E-state index in [4.69, 9.17) is 15.1 Å². The molecular formula is C10H11IN2O2. The highest BCUT2D eigenvalue weighted by molar-refractivity contribution is 14.1. The van der Waals surface area contributed by atoms with Gasteiger partial charge >= 0.3 is 0 Å². The average Bonchev–Trinajstić information content (AvgIpc) is 2.16. The maximum Gasteiger partial charge on any atom is 0.212 e. The predicted molar refractivity (Wildman–Crippen MR) is 63.5 cm³/mol. The molecule has 80 valence electrons. The molecule has 4 nitrogen and oxygen atoms in total. The van der Waals surface area contributed by atoms with Crippen LogP contribution in [0.5, 0.6) is 11.6 Å². The number of pyridine rings is 1. The topological polar surface area (TPSA) is 66.1 Å². The third-order valence-corrected chi connectivity index (χ3v) is 2.54. The summed E-state index contributed by atoms with van der Waals surface area (Å²) < 4.78 is 6.22. The molecule has 0 aliphatic heterocycles. The Kier molecular flexibility index (Phi) is 3.74. The van der Waals surface area contributed by atoms with E-state index >= 15 is 0 Å². The molecule has 0 aliphatic rings. The van der Waals surface area contributed by atoms with Gasteiger partial charge in [-0.25, -0.2) is 4.98 Å². The van der Waals surface area contributed by atoms with E-state index < -0.39 is 5.41 Å². The van der Waals surface area contributed by atoms with E-state index in [0.29, 0.717) is 12.4 Å². The van der Waals surface area contributed by atoms with Gasteiger partial charge in [-0.3, -0.25) is 0 Å². The first-order valence-electron chi connectivity index (χ1n) is 4.33. The smallest absolute Gasteiger partial charge is 0.212 e. The molecule has 1 heterocycles. The highest BCUT2D eigenvalue weighted by Crippen LogP contribution is 2.24.